The number of amides is 3. The van der Waals surface area contributed by atoms with Gasteiger partial charge in [-0.2, -0.15) is 0 Å². The van der Waals surface area contributed by atoms with Crippen molar-refractivity contribution in [2.75, 3.05) is 18.0 Å². The fraction of sp³-hybridized carbons (Fsp3) is 0.429. The van der Waals surface area contributed by atoms with Gasteiger partial charge >= 0.3 is 6.03 Å². The van der Waals surface area contributed by atoms with Gasteiger partial charge in [0, 0.05) is 25.2 Å². The number of anilines is 1. The van der Waals surface area contributed by atoms with E-state index in [0.717, 1.165) is 5.69 Å². The van der Waals surface area contributed by atoms with Gasteiger partial charge in [-0.1, -0.05) is 18.2 Å². The minimum absolute atomic E-state index is 0.00275. The molecule has 6 nitrogen and oxygen atoms in total. The van der Waals surface area contributed by atoms with Crippen LogP contribution in [0.3, 0.4) is 0 Å². The third-order valence-corrected chi connectivity index (χ3v) is 3.09. The third kappa shape index (κ3) is 3.71. The summed E-state index contributed by atoms with van der Waals surface area (Å²) in [4.78, 5) is 25.2. The molecular formula is C14H19N3O3. The molecule has 0 aliphatic carbocycles. The lowest BCUT2D eigenvalue weighted by atomic mass is 10.2. The second-order valence-corrected chi connectivity index (χ2v) is 4.94. The molecule has 0 radical (unpaired) electrons. The van der Waals surface area contributed by atoms with Crippen LogP contribution in [0.1, 0.15) is 13.3 Å². The molecule has 1 heterocycles. The zero-order valence-corrected chi connectivity index (χ0v) is 11.4. The van der Waals surface area contributed by atoms with Crippen LogP contribution >= 0.6 is 0 Å². The summed E-state index contributed by atoms with van der Waals surface area (Å²) in [5.74, 6) is -0.00275. The Morgan fingerprint density at radius 2 is 2.15 bits per heavy atom. The maximum atomic E-state index is 11.9. The van der Waals surface area contributed by atoms with Gasteiger partial charge < -0.3 is 20.6 Å². The van der Waals surface area contributed by atoms with Crippen LogP contribution in [0, 0.1) is 0 Å². The molecule has 1 aliphatic rings. The number of carbonyl (C=O) groups is 2. The summed E-state index contributed by atoms with van der Waals surface area (Å²) in [6.07, 6.45) is -0.302. The number of para-hydroxylation sites is 1. The Kier molecular flexibility index (Phi) is 4.57. The molecule has 108 valence electrons. The van der Waals surface area contributed by atoms with Crippen molar-refractivity contribution in [2.45, 2.75) is 25.5 Å². The van der Waals surface area contributed by atoms with E-state index in [9.17, 15) is 9.59 Å². The number of rotatable bonds is 4. The minimum Gasteiger partial charge on any atom is -0.392 e. The number of carbonyl (C=O) groups excluding carboxylic acids is 2. The van der Waals surface area contributed by atoms with E-state index in [2.05, 4.69) is 10.6 Å². The molecule has 3 amide bonds. The molecule has 2 atom stereocenters. The van der Waals surface area contributed by atoms with Crippen molar-refractivity contribution in [3.63, 3.8) is 0 Å². The number of urea groups is 1. The zero-order chi connectivity index (χ0) is 14.5. The fourth-order valence-electron chi connectivity index (χ4n) is 2.14. The average Bonchev–Trinajstić information content (AvgIpc) is 2.78. The SMILES string of the molecule is C[C@H](O)CNC(=O)N[C@@H]1CC(=O)N(c2ccccc2)C1. The molecule has 2 rings (SSSR count). The highest BCUT2D eigenvalue weighted by Gasteiger charge is 2.31. The van der Waals surface area contributed by atoms with E-state index in [4.69, 9.17) is 5.11 Å². The van der Waals surface area contributed by atoms with E-state index in [-0.39, 0.29) is 30.9 Å². The normalized spacial score (nSPS) is 19.8. The van der Waals surface area contributed by atoms with E-state index >= 15 is 0 Å². The highest BCUT2D eigenvalue weighted by Crippen LogP contribution is 2.20. The lowest BCUT2D eigenvalue weighted by Crippen LogP contribution is -2.45. The van der Waals surface area contributed by atoms with E-state index in [1.54, 1.807) is 11.8 Å². The van der Waals surface area contributed by atoms with Crippen LogP contribution in [0.4, 0.5) is 10.5 Å². The van der Waals surface area contributed by atoms with Crippen molar-refractivity contribution in [3.8, 4) is 0 Å². The van der Waals surface area contributed by atoms with Crippen molar-refractivity contribution < 1.29 is 14.7 Å². The van der Waals surface area contributed by atoms with Crippen molar-refractivity contribution in [3.05, 3.63) is 30.3 Å². The highest BCUT2D eigenvalue weighted by atomic mass is 16.3. The smallest absolute Gasteiger partial charge is 0.315 e. The predicted molar refractivity (Wildman–Crippen MR) is 75.4 cm³/mol. The molecule has 3 N–H and O–H groups in total. The Labute approximate surface area is 117 Å². The number of benzene rings is 1. The quantitative estimate of drug-likeness (QED) is 0.748. The van der Waals surface area contributed by atoms with Gasteiger partial charge in [-0.25, -0.2) is 4.79 Å². The molecule has 0 saturated carbocycles. The Morgan fingerprint density at radius 3 is 2.80 bits per heavy atom. The van der Waals surface area contributed by atoms with Crippen molar-refractivity contribution >= 4 is 17.6 Å². The molecule has 0 aromatic heterocycles. The van der Waals surface area contributed by atoms with Gasteiger partial charge in [0.25, 0.3) is 0 Å². The Morgan fingerprint density at radius 1 is 1.45 bits per heavy atom. The Balaban J connectivity index is 1.88. The maximum Gasteiger partial charge on any atom is 0.315 e. The summed E-state index contributed by atoms with van der Waals surface area (Å²) in [5, 5.41) is 14.4. The van der Waals surface area contributed by atoms with Crippen molar-refractivity contribution in [1.29, 1.82) is 0 Å². The van der Waals surface area contributed by atoms with Gasteiger partial charge in [0.15, 0.2) is 0 Å². The first-order valence-corrected chi connectivity index (χ1v) is 6.64. The maximum absolute atomic E-state index is 11.9. The zero-order valence-electron chi connectivity index (χ0n) is 11.4. The number of hydrogen-bond acceptors (Lipinski definition) is 3. The van der Waals surface area contributed by atoms with Crippen LogP contribution in [0.15, 0.2) is 30.3 Å². The topological polar surface area (TPSA) is 81.7 Å². The lowest BCUT2D eigenvalue weighted by Gasteiger charge is -2.17. The predicted octanol–water partition coefficient (Wildman–Crippen LogP) is 0.472. The number of aliphatic hydroxyl groups is 1. The standard InChI is InChI=1S/C14H19N3O3/c1-10(18)8-15-14(20)16-11-7-13(19)17(9-11)12-5-3-2-4-6-12/h2-6,10-11,18H,7-9H2,1H3,(H2,15,16,20)/t10-,11+/m0/s1. The summed E-state index contributed by atoms with van der Waals surface area (Å²) in [6.45, 7) is 2.25. The van der Waals surface area contributed by atoms with E-state index < -0.39 is 6.10 Å². The van der Waals surface area contributed by atoms with Crippen LogP contribution in [0.5, 0.6) is 0 Å². The second kappa shape index (κ2) is 6.38. The summed E-state index contributed by atoms with van der Waals surface area (Å²) >= 11 is 0. The Bertz CT molecular complexity index is 476. The third-order valence-electron chi connectivity index (χ3n) is 3.09. The van der Waals surface area contributed by atoms with Crippen LogP contribution < -0.4 is 15.5 Å². The Hall–Kier alpha value is -2.08. The van der Waals surface area contributed by atoms with Crippen LogP contribution in [0.2, 0.25) is 0 Å². The van der Waals surface area contributed by atoms with E-state index in [1.165, 1.54) is 0 Å². The molecule has 1 aromatic rings. The molecule has 0 bridgehead atoms. The molecule has 0 spiro atoms. The van der Waals surface area contributed by atoms with Crippen LogP contribution in [-0.4, -0.2) is 42.3 Å². The van der Waals surface area contributed by atoms with Gasteiger partial charge in [-0.05, 0) is 19.1 Å². The lowest BCUT2D eigenvalue weighted by molar-refractivity contribution is -0.117. The van der Waals surface area contributed by atoms with Gasteiger partial charge in [-0.3, -0.25) is 4.79 Å². The molecule has 0 unspecified atom stereocenters. The van der Waals surface area contributed by atoms with Crippen molar-refractivity contribution in [2.24, 2.45) is 0 Å². The summed E-state index contributed by atoms with van der Waals surface area (Å²) in [6, 6.07) is 8.80. The van der Waals surface area contributed by atoms with Crippen LogP contribution in [-0.2, 0) is 4.79 Å². The molecular weight excluding hydrogens is 258 g/mol. The fourth-order valence-corrected chi connectivity index (χ4v) is 2.14. The highest BCUT2D eigenvalue weighted by molar-refractivity contribution is 5.96. The van der Waals surface area contributed by atoms with Gasteiger partial charge in [0.05, 0.1) is 12.1 Å². The summed E-state index contributed by atoms with van der Waals surface area (Å²) < 4.78 is 0. The number of hydrogen-bond donors (Lipinski definition) is 3. The molecule has 20 heavy (non-hydrogen) atoms. The summed E-state index contributed by atoms with van der Waals surface area (Å²) in [5.41, 5.74) is 0.839. The van der Waals surface area contributed by atoms with Gasteiger partial charge in [0.1, 0.15) is 0 Å². The minimum atomic E-state index is -0.591. The summed E-state index contributed by atoms with van der Waals surface area (Å²) in [7, 11) is 0. The molecule has 6 heteroatoms. The van der Waals surface area contributed by atoms with Gasteiger partial charge in [-0.15, -0.1) is 0 Å². The molecule has 1 fully saturated rings. The van der Waals surface area contributed by atoms with E-state index in [1.807, 2.05) is 30.3 Å². The number of nitrogens with one attached hydrogen (secondary N) is 2. The molecule has 1 aliphatic heterocycles. The second-order valence-electron chi connectivity index (χ2n) is 4.94. The van der Waals surface area contributed by atoms with Gasteiger partial charge in [0.2, 0.25) is 5.91 Å². The molecule has 1 saturated heterocycles. The first-order valence-electron chi connectivity index (χ1n) is 6.64. The largest absolute Gasteiger partial charge is 0.392 e. The van der Waals surface area contributed by atoms with Crippen molar-refractivity contribution in [1.82, 2.24) is 10.6 Å². The number of aliphatic hydroxyl groups excluding tert-OH is 1. The van der Waals surface area contributed by atoms with Crippen LogP contribution in [0.25, 0.3) is 0 Å². The average molecular weight is 277 g/mol. The number of nitrogens with zero attached hydrogens (tertiary/aromatic N) is 1. The van der Waals surface area contributed by atoms with E-state index in [0.29, 0.717) is 6.54 Å². The molecule has 1 aromatic carbocycles. The monoisotopic (exact) mass is 277 g/mol. The first-order chi connectivity index (χ1) is 9.56. The first kappa shape index (κ1) is 14.3.